The molecule has 1 aliphatic carbocycles. The van der Waals surface area contributed by atoms with Crippen molar-refractivity contribution in [1.82, 2.24) is 4.98 Å². The summed E-state index contributed by atoms with van der Waals surface area (Å²) in [4.78, 5) is 36.1. The maximum absolute atomic E-state index is 11.2. The smallest absolute Gasteiger partial charge is 0.238 e. The number of carbonyl (C=O) groups is 2. The van der Waals surface area contributed by atoms with Gasteiger partial charge < -0.3 is 4.98 Å². The Hall–Kier alpha value is -1.97. The van der Waals surface area contributed by atoms with Gasteiger partial charge in [-0.1, -0.05) is 0 Å². The van der Waals surface area contributed by atoms with E-state index in [9.17, 15) is 14.4 Å². The molecule has 1 N–H and O–H groups in total. The molecule has 1 heterocycles. The molecule has 1 aromatic rings. The highest BCUT2D eigenvalue weighted by Crippen LogP contribution is 2.10. The molecule has 13 heavy (non-hydrogen) atoms. The van der Waals surface area contributed by atoms with E-state index in [1.54, 1.807) is 0 Å². The van der Waals surface area contributed by atoms with Crippen molar-refractivity contribution in [3.63, 3.8) is 0 Å². The minimum Gasteiger partial charge on any atom is -0.361 e. The van der Waals surface area contributed by atoms with Gasteiger partial charge in [-0.3, -0.25) is 14.4 Å². The van der Waals surface area contributed by atoms with Crippen molar-refractivity contribution in [1.29, 1.82) is 0 Å². The van der Waals surface area contributed by atoms with Gasteiger partial charge in [0.25, 0.3) is 0 Å². The number of aromatic amines is 1. The van der Waals surface area contributed by atoms with Crippen molar-refractivity contribution in [2.45, 2.75) is 0 Å². The highest BCUT2D eigenvalue weighted by Gasteiger charge is 2.23. The van der Waals surface area contributed by atoms with Gasteiger partial charge in [0.2, 0.25) is 11.6 Å². The van der Waals surface area contributed by atoms with Crippen LogP contribution in [0.15, 0.2) is 23.1 Å². The van der Waals surface area contributed by atoms with Crippen molar-refractivity contribution in [3.8, 4) is 0 Å². The topological polar surface area (TPSA) is 67.0 Å². The summed E-state index contributed by atoms with van der Waals surface area (Å²) in [6, 6.07) is 1.23. The summed E-state index contributed by atoms with van der Waals surface area (Å²) in [7, 11) is 0. The summed E-state index contributed by atoms with van der Waals surface area (Å²) in [5.74, 6) is -1.39. The van der Waals surface area contributed by atoms with Gasteiger partial charge >= 0.3 is 0 Å². The molecule has 0 amide bonds. The number of fused-ring (bicyclic) bond motifs is 1. The second-order valence-corrected chi connectivity index (χ2v) is 2.66. The number of hydrogen-bond donors (Lipinski definition) is 1. The summed E-state index contributed by atoms with van der Waals surface area (Å²) in [6.07, 6.45) is 4.02. The lowest BCUT2D eigenvalue weighted by atomic mass is 10.00. The first-order valence-electron chi connectivity index (χ1n) is 3.68. The number of pyridine rings is 1. The molecule has 0 fully saturated rings. The van der Waals surface area contributed by atoms with Crippen LogP contribution in [0.5, 0.6) is 0 Å². The van der Waals surface area contributed by atoms with Crippen LogP contribution in [0.3, 0.4) is 0 Å². The highest BCUT2D eigenvalue weighted by molar-refractivity contribution is 6.49. The van der Waals surface area contributed by atoms with Gasteiger partial charge in [-0.05, 0) is 12.2 Å². The summed E-state index contributed by atoms with van der Waals surface area (Å²) in [6.45, 7) is 0. The maximum atomic E-state index is 11.2. The Kier molecular flexibility index (Phi) is 1.48. The number of allylic oxidation sites excluding steroid dienone is 1. The molecule has 0 atom stereocenters. The van der Waals surface area contributed by atoms with Crippen molar-refractivity contribution in [2.75, 3.05) is 0 Å². The molecule has 2 rings (SSSR count). The molecule has 4 nitrogen and oxygen atoms in total. The zero-order chi connectivity index (χ0) is 9.42. The molecule has 0 spiro atoms. The Balaban J connectivity index is 2.81. The number of hydrogen-bond acceptors (Lipinski definition) is 3. The zero-order valence-electron chi connectivity index (χ0n) is 6.53. The Morgan fingerprint density at radius 3 is 2.62 bits per heavy atom. The van der Waals surface area contributed by atoms with Gasteiger partial charge in [-0.2, -0.15) is 0 Å². The molecule has 0 aliphatic heterocycles. The molecule has 0 aromatic carbocycles. The van der Waals surface area contributed by atoms with Crippen LogP contribution in [0.1, 0.15) is 16.1 Å². The van der Waals surface area contributed by atoms with E-state index in [0.717, 1.165) is 6.08 Å². The van der Waals surface area contributed by atoms with Gasteiger partial charge in [0, 0.05) is 12.3 Å². The highest BCUT2D eigenvalue weighted by atomic mass is 16.2. The molecule has 0 bridgehead atoms. The van der Waals surface area contributed by atoms with Crippen LogP contribution in [0.25, 0.3) is 6.08 Å². The van der Waals surface area contributed by atoms with Crippen molar-refractivity contribution >= 4 is 17.6 Å². The van der Waals surface area contributed by atoms with Gasteiger partial charge in [0.1, 0.15) is 0 Å². The lowest BCUT2D eigenvalue weighted by Gasteiger charge is -2.05. The quantitative estimate of drug-likeness (QED) is 0.571. The number of nitrogens with one attached hydrogen (secondary N) is 1. The molecule has 0 radical (unpaired) electrons. The predicted octanol–water partition coefficient (Wildman–Crippen LogP) is 0.153. The van der Waals surface area contributed by atoms with E-state index in [0.29, 0.717) is 5.69 Å². The fraction of sp³-hybridized carbons (Fsp3) is 0. The summed E-state index contributed by atoms with van der Waals surface area (Å²) in [5.41, 5.74) is -0.0800. The monoisotopic (exact) mass is 175 g/mol. The fourth-order valence-corrected chi connectivity index (χ4v) is 1.22. The predicted molar refractivity (Wildman–Crippen MR) is 45.4 cm³/mol. The third-order valence-electron chi connectivity index (χ3n) is 1.84. The molecule has 0 unspecified atom stereocenters. The Morgan fingerprint density at radius 2 is 1.85 bits per heavy atom. The average molecular weight is 175 g/mol. The van der Waals surface area contributed by atoms with Crippen LogP contribution >= 0.6 is 0 Å². The van der Waals surface area contributed by atoms with E-state index in [1.165, 1.54) is 18.3 Å². The minimum atomic E-state index is -0.737. The van der Waals surface area contributed by atoms with Crippen LogP contribution in [0, 0.1) is 0 Å². The van der Waals surface area contributed by atoms with Crippen molar-refractivity contribution in [3.05, 3.63) is 39.8 Å². The van der Waals surface area contributed by atoms with Gasteiger partial charge in [-0.15, -0.1) is 0 Å². The van der Waals surface area contributed by atoms with Crippen molar-refractivity contribution in [2.24, 2.45) is 0 Å². The Labute approximate surface area is 72.9 Å². The Morgan fingerprint density at radius 1 is 1.08 bits per heavy atom. The van der Waals surface area contributed by atoms with E-state index in [4.69, 9.17) is 0 Å². The second-order valence-electron chi connectivity index (χ2n) is 2.66. The van der Waals surface area contributed by atoms with Crippen LogP contribution in [0.4, 0.5) is 0 Å². The number of rotatable bonds is 0. The molecular weight excluding hydrogens is 170 g/mol. The first kappa shape index (κ1) is 7.67. The molecule has 0 saturated carbocycles. The van der Waals surface area contributed by atoms with E-state index in [-0.39, 0.29) is 5.56 Å². The standard InChI is InChI=1S/C9H5NO3/c11-6-3-4-10-5-1-2-7(12)9(13)8(5)6/h1-4H,(H,10,11). The summed E-state index contributed by atoms with van der Waals surface area (Å²) in [5, 5.41) is 0. The van der Waals surface area contributed by atoms with Crippen molar-refractivity contribution < 1.29 is 9.59 Å². The zero-order valence-corrected chi connectivity index (χ0v) is 6.53. The average Bonchev–Trinajstić information content (AvgIpc) is 2.12. The first-order valence-corrected chi connectivity index (χ1v) is 3.68. The van der Waals surface area contributed by atoms with E-state index >= 15 is 0 Å². The third kappa shape index (κ3) is 1.03. The molecule has 1 aliphatic rings. The largest absolute Gasteiger partial charge is 0.361 e. The van der Waals surface area contributed by atoms with Gasteiger partial charge in [0.05, 0.1) is 11.3 Å². The second kappa shape index (κ2) is 2.52. The fourth-order valence-electron chi connectivity index (χ4n) is 1.22. The molecular formula is C9H5NO3. The molecule has 4 heteroatoms. The number of H-pyrrole nitrogens is 1. The van der Waals surface area contributed by atoms with Crippen LogP contribution in [-0.2, 0) is 4.79 Å². The lowest BCUT2D eigenvalue weighted by Crippen LogP contribution is -2.25. The number of carbonyl (C=O) groups excluding carboxylic acids is 2. The molecule has 1 aromatic heterocycles. The SMILES string of the molecule is O=C1C=Cc2[nH]ccc(=O)c2C1=O. The summed E-state index contributed by atoms with van der Waals surface area (Å²) >= 11 is 0. The summed E-state index contributed by atoms with van der Waals surface area (Å²) < 4.78 is 0. The Bertz CT molecular complexity index is 482. The molecule has 64 valence electrons. The first-order chi connectivity index (χ1) is 6.20. The number of Topliss-reactive ketones (excluding diaryl/α,β-unsaturated/α-hetero) is 1. The van der Waals surface area contributed by atoms with Crippen LogP contribution in [0.2, 0.25) is 0 Å². The van der Waals surface area contributed by atoms with Gasteiger partial charge in [-0.25, -0.2) is 0 Å². The van der Waals surface area contributed by atoms with Crippen LogP contribution < -0.4 is 5.43 Å². The third-order valence-corrected chi connectivity index (χ3v) is 1.84. The van der Waals surface area contributed by atoms with E-state index < -0.39 is 17.0 Å². The number of aromatic nitrogens is 1. The van der Waals surface area contributed by atoms with Gasteiger partial charge in [0.15, 0.2) is 5.43 Å². The van der Waals surface area contributed by atoms with E-state index in [1.807, 2.05) is 0 Å². The minimum absolute atomic E-state index is 0.0602. The number of ketones is 2. The molecule has 0 saturated heterocycles. The maximum Gasteiger partial charge on any atom is 0.238 e. The lowest BCUT2D eigenvalue weighted by molar-refractivity contribution is -0.110. The normalized spacial score (nSPS) is 14.5. The van der Waals surface area contributed by atoms with Crippen LogP contribution in [-0.4, -0.2) is 16.6 Å². The van der Waals surface area contributed by atoms with E-state index in [2.05, 4.69) is 4.98 Å².